The molecule has 1 amide bonds. The molecule has 1 aromatic heterocycles. The largest absolute Gasteiger partial charge is 0.494 e. The van der Waals surface area contributed by atoms with Gasteiger partial charge in [-0.05, 0) is 44.3 Å². The van der Waals surface area contributed by atoms with Gasteiger partial charge in [-0.15, -0.1) is 12.4 Å². The van der Waals surface area contributed by atoms with E-state index in [1.165, 1.54) is 11.3 Å². The molecule has 0 N–H and O–H groups in total. The van der Waals surface area contributed by atoms with E-state index < -0.39 is 0 Å². The van der Waals surface area contributed by atoms with Crippen molar-refractivity contribution in [2.24, 2.45) is 0 Å². The van der Waals surface area contributed by atoms with Crippen molar-refractivity contribution in [3.8, 4) is 5.75 Å². The van der Waals surface area contributed by atoms with E-state index in [1.807, 2.05) is 31.2 Å². The SMILES string of the molecule is CCN(CC)CCN(C(=O)c1cccc(C)c1)c1nc2c(OC)ccc(Cl)c2s1.Cl. The maximum atomic E-state index is 13.4. The van der Waals surface area contributed by atoms with Crippen molar-refractivity contribution in [1.29, 1.82) is 0 Å². The Morgan fingerprint density at radius 1 is 1.17 bits per heavy atom. The average molecular weight is 468 g/mol. The highest BCUT2D eigenvalue weighted by Gasteiger charge is 2.23. The van der Waals surface area contributed by atoms with Crippen molar-refractivity contribution in [2.45, 2.75) is 20.8 Å². The Hall–Kier alpha value is -1.86. The fourth-order valence-electron chi connectivity index (χ4n) is 3.22. The number of fused-ring (bicyclic) bond motifs is 1. The summed E-state index contributed by atoms with van der Waals surface area (Å²) in [7, 11) is 1.61. The summed E-state index contributed by atoms with van der Waals surface area (Å²) in [5.74, 6) is 0.591. The highest BCUT2D eigenvalue weighted by molar-refractivity contribution is 7.23. The van der Waals surface area contributed by atoms with E-state index in [0.717, 1.165) is 29.9 Å². The number of carbonyl (C=O) groups is 1. The van der Waals surface area contributed by atoms with Gasteiger partial charge in [0.1, 0.15) is 11.3 Å². The van der Waals surface area contributed by atoms with Gasteiger partial charge in [-0.2, -0.15) is 0 Å². The number of ether oxygens (including phenoxy) is 1. The molecular weight excluding hydrogens is 441 g/mol. The van der Waals surface area contributed by atoms with Crippen LogP contribution in [0.15, 0.2) is 36.4 Å². The molecule has 0 radical (unpaired) electrons. The number of anilines is 1. The van der Waals surface area contributed by atoms with Crippen LogP contribution >= 0.6 is 35.3 Å². The minimum atomic E-state index is -0.0602. The smallest absolute Gasteiger partial charge is 0.260 e. The summed E-state index contributed by atoms with van der Waals surface area (Å²) >= 11 is 7.82. The third-order valence-electron chi connectivity index (χ3n) is 4.94. The van der Waals surface area contributed by atoms with Crippen LogP contribution in [-0.4, -0.2) is 49.1 Å². The molecule has 162 valence electrons. The Bertz CT molecular complexity index is 1010. The molecule has 0 bridgehead atoms. The topological polar surface area (TPSA) is 45.7 Å². The van der Waals surface area contributed by atoms with Gasteiger partial charge in [-0.25, -0.2) is 4.98 Å². The van der Waals surface area contributed by atoms with Crippen LogP contribution in [0.3, 0.4) is 0 Å². The molecule has 0 atom stereocenters. The van der Waals surface area contributed by atoms with Crippen molar-refractivity contribution in [3.63, 3.8) is 0 Å². The van der Waals surface area contributed by atoms with Crippen molar-refractivity contribution in [3.05, 3.63) is 52.5 Å². The first kappa shape index (κ1) is 24.4. The number of amides is 1. The molecule has 0 aliphatic carbocycles. The van der Waals surface area contributed by atoms with E-state index >= 15 is 0 Å². The number of likely N-dealkylation sites (N-methyl/N-ethyl adjacent to an activating group) is 1. The highest BCUT2D eigenvalue weighted by atomic mass is 35.5. The summed E-state index contributed by atoms with van der Waals surface area (Å²) in [6, 6.07) is 11.3. The lowest BCUT2D eigenvalue weighted by Gasteiger charge is -2.24. The second-order valence-electron chi connectivity index (χ2n) is 6.78. The van der Waals surface area contributed by atoms with Gasteiger partial charge in [0.2, 0.25) is 0 Å². The van der Waals surface area contributed by atoms with E-state index in [2.05, 4.69) is 18.7 Å². The number of nitrogens with zero attached hydrogens (tertiary/aromatic N) is 3. The number of hydrogen-bond donors (Lipinski definition) is 0. The van der Waals surface area contributed by atoms with E-state index in [1.54, 1.807) is 24.1 Å². The first-order valence-corrected chi connectivity index (χ1v) is 10.9. The summed E-state index contributed by atoms with van der Waals surface area (Å²) in [5, 5.41) is 1.24. The molecule has 2 aromatic carbocycles. The number of carbonyl (C=O) groups excluding carboxylic acids is 1. The molecule has 3 aromatic rings. The molecule has 3 rings (SSSR count). The number of methoxy groups -OCH3 is 1. The number of thiazole rings is 1. The lowest BCUT2D eigenvalue weighted by Crippen LogP contribution is -2.38. The molecule has 0 saturated carbocycles. The summed E-state index contributed by atoms with van der Waals surface area (Å²) in [6.07, 6.45) is 0. The number of halogens is 2. The Labute approximate surface area is 193 Å². The molecule has 1 heterocycles. The zero-order chi connectivity index (χ0) is 21.0. The maximum absolute atomic E-state index is 13.4. The van der Waals surface area contributed by atoms with Crippen molar-refractivity contribution in [2.75, 3.05) is 38.2 Å². The standard InChI is InChI=1S/C22H26ClN3O2S.ClH/c1-5-25(6-2)12-13-26(21(27)16-9-7-8-15(3)14-16)22-24-19-18(28-4)11-10-17(23)20(19)29-22;/h7-11,14H,5-6,12-13H2,1-4H3;1H. The molecule has 0 aliphatic heterocycles. The number of benzene rings is 2. The minimum Gasteiger partial charge on any atom is -0.494 e. The van der Waals surface area contributed by atoms with Gasteiger partial charge >= 0.3 is 0 Å². The Kier molecular flexibility index (Phi) is 8.92. The van der Waals surface area contributed by atoms with E-state index in [4.69, 9.17) is 21.3 Å². The predicted molar refractivity (Wildman–Crippen MR) is 129 cm³/mol. The molecule has 0 unspecified atom stereocenters. The first-order valence-electron chi connectivity index (χ1n) is 9.72. The van der Waals surface area contributed by atoms with Gasteiger partial charge in [0, 0.05) is 18.7 Å². The van der Waals surface area contributed by atoms with E-state index in [0.29, 0.717) is 33.5 Å². The molecule has 0 aliphatic rings. The van der Waals surface area contributed by atoms with Gasteiger partial charge < -0.3 is 9.64 Å². The zero-order valence-corrected chi connectivity index (χ0v) is 20.0. The Morgan fingerprint density at radius 3 is 2.53 bits per heavy atom. The summed E-state index contributed by atoms with van der Waals surface area (Å²) < 4.78 is 6.27. The lowest BCUT2D eigenvalue weighted by molar-refractivity contribution is 0.0983. The van der Waals surface area contributed by atoms with Crippen molar-refractivity contribution >= 4 is 56.6 Å². The van der Waals surface area contributed by atoms with E-state index in [-0.39, 0.29) is 18.3 Å². The van der Waals surface area contributed by atoms with Crippen LogP contribution in [-0.2, 0) is 0 Å². The van der Waals surface area contributed by atoms with Gasteiger partial charge in [-0.3, -0.25) is 9.69 Å². The van der Waals surface area contributed by atoms with Crippen LogP contribution in [0, 0.1) is 6.92 Å². The Balaban J connectivity index is 0.00000320. The van der Waals surface area contributed by atoms with Gasteiger partial charge in [0.25, 0.3) is 5.91 Å². The molecule has 0 saturated heterocycles. The maximum Gasteiger partial charge on any atom is 0.260 e. The summed E-state index contributed by atoms with van der Waals surface area (Å²) in [4.78, 5) is 22.2. The van der Waals surface area contributed by atoms with Crippen molar-refractivity contribution < 1.29 is 9.53 Å². The second-order valence-corrected chi connectivity index (χ2v) is 8.16. The first-order chi connectivity index (χ1) is 14.0. The monoisotopic (exact) mass is 467 g/mol. The van der Waals surface area contributed by atoms with Crippen LogP contribution < -0.4 is 9.64 Å². The van der Waals surface area contributed by atoms with E-state index in [9.17, 15) is 4.79 Å². The average Bonchev–Trinajstić information content (AvgIpc) is 3.17. The normalized spacial score (nSPS) is 10.9. The third-order valence-corrected chi connectivity index (χ3v) is 6.48. The Morgan fingerprint density at radius 2 is 1.90 bits per heavy atom. The fraction of sp³-hybridized carbons (Fsp3) is 0.364. The van der Waals surface area contributed by atoms with Crippen LogP contribution in [0.2, 0.25) is 5.02 Å². The minimum absolute atomic E-state index is 0. The quantitative estimate of drug-likeness (QED) is 0.427. The second kappa shape index (κ2) is 11.0. The summed E-state index contributed by atoms with van der Waals surface area (Å²) in [5.41, 5.74) is 2.39. The van der Waals surface area contributed by atoms with Crippen LogP contribution in [0.25, 0.3) is 10.2 Å². The zero-order valence-electron chi connectivity index (χ0n) is 17.6. The lowest BCUT2D eigenvalue weighted by atomic mass is 10.1. The molecule has 30 heavy (non-hydrogen) atoms. The van der Waals surface area contributed by atoms with Gasteiger partial charge in [-0.1, -0.05) is 54.5 Å². The third kappa shape index (κ3) is 5.24. The number of aryl methyl sites for hydroxylation is 1. The highest BCUT2D eigenvalue weighted by Crippen LogP contribution is 2.39. The van der Waals surface area contributed by atoms with Gasteiger partial charge in [0.05, 0.1) is 16.8 Å². The fourth-order valence-corrected chi connectivity index (χ4v) is 4.50. The number of hydrogen-bond acceptors (Lipinski definition) is 5. The van der Waals surface area contributed by atoms with Gasteiger partial charge in [0.15, 0.2) is 5.13 Å². The van der Waals surface area contributed by atoms with Crippen LogP contribution in [0.1, 0.15) is 29.8 Å². The van der Waals surface area contributed by atoms with Crippen molar-refractivity contribution in [1.82, 2.24) is 9.88 Å². The number of rotatable bonds is 8. The molecule has 8 heteroatoms. The summed E-state index contributed by atoms with van der Waals surface area (Å²) in [6.45, 7) is 9.42. The molecule has 0 fully saturated rings. The number of aromatic nitrogens is 1. The molecule has 0 spiro atoms. The molecule has 5 nitrogen and oxygen atoms in total. The van der Waals surface area contributed by atoms with Crippen LogP contribution in [0.5, 0.6) is 5.75 Å². The predicted octanol–water partition coefficient (Wildman–Crippen LogP) is 5.68. The van der Waals surface area contributed by atoms with Crippen LogP contribution in [0.4, 0.5) is 5.13 Å². The molecular formula is C22H27Cl2N3O2S.